The molecule has 10 heteroatoms. The number of piperidine rings is 1. The number of hydrogen-bond donors (Lipinski definition) is 2. The van der Waals surface area contributed by atoms with E-state index in [1.54, 1.807) is 18.2 Å². The van der Waals surface area contributed by atoms with Crippen molar-refractivity contribution < 1.29 is 14.3 Å². The highest BCUT2D eigenvalue weighted by molar-refractivity contribution is 6.35. The molecule has 0 spiro atoms. The van der Waals surface area contributed by atoms with Crippen LogP contribution in [0, 0.1) is 23.1 Å². The van der Waals surface area contributed by atoms with Crippen molar-refractivity contribution in [2.24, 2.45) is 17.3 Å². The van der Waals surface area contributed by atoms with E-state index >= 15 is 0 Å². The molecule has 2 N–H and O–H groups in total. The van der Waals surface area contributed by atoms with Gasteiger partial charge in [0.15, 0.2) is 11.6 Å². The summed E-state index contributed by atoms with van der Waals surface area (Å²) in [6.45, 7) is 5.96. The molecule has 0 amide bonds. The maximum absolute atomic E-state index is 14.3. The molecular weight excluding hydrogens is 492 g/mol. The van der Waals surface area contributed by atoms with Gasteiger partial charge in [-0.2, -0.15) is 4.98 Å². The Morgan fingerprint density at radius 3 is 2.74 bits per heavy atom. The van der Waals surface area contributed by atoms with E-state index in [-0.39, 0.29) is 5.82 Å². The molecule has 2 aromatic rings. The minimum atomic E-state index is -0.679. The molecule has 0 radical (unpaired) electrons. The van der Waals surface area contributed by atoms with Crippen molar-refractivity contribution in [3.05, 3.63) is 45.8 Å². The van der Waals surface area contributed by atoms with E-state index in [2.05, 4.69) is 25.1 Å². The Bertz CT molecular complexity index is 1110. The van der Waals surface area contributed by atoms with Gasteiger partial charge in [0.1, 0.15) is 0 Å². The molecule has 3 heterocycles. The van der Waals surface area contributed by atoms with Crippen molar-refractivity contribution in [3.63, 3.8) is 0 Å². The fourth-order valence-electron chi connectivity index (χ4n) is 5.62. The zero-order valence-corrected chi connectivity index (χ0v) is 21.2. The lowest BCUT2D eigenvalue weighted by Crippen LogP contribution is -2.58. The lowest BCUT2D eigenvalue weighted by atomic mass is 9.65. The number of hydrogen-bond acceptors (Lipinski definition) is 6. The average molecular weight is 522 g/mol. The molecule has 1 atom stereocenters. The molecule has 2 aliphatic heterocycles. The minimum absolute atomic E-state index is 0.153. The molecule has 1 saturated carbocycles. The summed E-state index contributed by atoms with van der Waals surface area (Å²) in [6.07, 6.45) is 5.03. The lowest BCUT2D eigenvalue weighted by molar-refractivity contribution is -0.158. The standard InChI is InChI=1S/C25H30Cl2FN5O2/c1-25(23(34)35)8-19(9-25)32-6-2-3-16(12-32)17-13-33(14-17)24-30-11-21(28)22(31-24)29-10-15-4-5-18(26)7-20(15)27/h4-5,7,11,16-17,19H,2-3,6,8-10,12-14H2,1H3,(H,34,35)(H,29,30,31). The second-order valence-corrected chi connectivity index (χ2v) is 11.3. The molecule has 35 heavy (non-hydrogen) atoms. The van der Waals surface area contributed by atoms with Crippen LogP contribution < -0.4 is 10.2 Å². The van der Waals surface area contributed by atoms with Gasteiger partial charge in [-0.3, -0.25) is 4.79 Å². The SMILES string of the molecule is CC1(C(=O)O)CC(N2CCCC(C3CN(c4ncc(F)c(NCc5ccc(Cl)cc5Cl)n4)C3)C2)C1. The fourth-order valence-corrected chi connectivity index (χ4v) is 6.10. The summed E-state index contributed by atoms with van der Waals surface area (Å²) in [7, 11) is 0. The first-order chi connectivity index (χ1) is 16.7. The molecule has 2 saturated heterocycles. The summed E-state index contributed by atoms with van der Waals surface area (Å²) in [4.78, 5) is 24.7. The number of aromatic nitrogens is 2. The molecule has 5 rings (SSSR count). The summed E-state index contributed by atoms with van der Waals surface area (Å²) >= 11 is 12.2. The number of nitrogens with zero attached hydrogens (tertiary/aromatic N) is 4. The van der Waals surface area contributed by atoms with Crippen LogP contribution in [0.3, 0.4) is 0 Å². The predicted octanol–water partition coefficient (Wildman–Crippen LogP) is 4.94. The number of nitrogens with one attached hydrogen (secondary N) is 1. The van der Waals surface area contributed by atoms with E-state index in [0.29, 0.717) is 40.4 Å². The molecule has 3 aliphatic rings. The smallest absolute Gasteiger partial charge is 0.309 e. The van der Waals surface area contributed by atoms with Crippen molar-refractivity contribution in [1.82, 2.24) is 14.9 Å². The van der Waals surface area contributed by atoms with Gasteiger partial charge in [0, 0.05) is 42.3 Å². The number of aliphatic carboxylic acids is 1. The molecule has 0 bridgehead atoms. The van der Waals surface area contributed by atoms with Crippen LogP contribution in [0.2, 0.25) is 10.0 Å². The molecule has 188 valence electrons. The van der Waals surface area contributed by atoms with E-state index in [4.69, 9.17) is 23.2 Å². The summed E-state index contributed by atoms with van der Waals surface area (Å²) in [6, 6.07) is 5.59. The highest BCUT2D eigenvalue weighted by atomic mass is 35.5. The van der Waals surface area contributed by atoms with Crippen LogP contribution in [0.5, 0.6) is 0 Å². The molecule has 3 fully saturated rings. The van der Waals surface area contributed by atoms with Gasteiger partial charge in [-0.1, -0.05) is 29.3 Å². The number of halogens is 3. The second kappa shape index (κ2) is 9.71. The van der Waals surface area contributed by atoms with Crippen LogP contribution in [0.25, 0.3) is 0 Å². The first-order valence-corrected chi connectivity index (χ1v) is 12.9. The molecule has 1 unspecified atom stereocenters. The zero-order valence-electron chi connectivity index (χ0n) is 19.7. The number of anilines is 2. The Balaban J connectivity index is 1.15. The van der Waals surface area contributed by atoms with E-state index in [9.17, 15) is 14.3 Å². The lowest BCUT2D eigenvalue weighted by Gasteiger charge is -2.52. The van der Waals surface area contributed by atoms with Crippen molar-refractivity contribution in [2.45, 2.75) is 45.2 Å². The topological polar surface area (TPSA) is 81.6 Å². The van der Waals surface area contributed by atoms with Gasteiger partial charge >= 0.3 is 5.97 Å². The Morgan fingerprint density at radius 1 is 1.26 bits per heavy atom. The quantitative estimate of drug-likeness (QED) is 0.534. The molecule has 7 nitrogen and oxygen atoms in total. The summed E-state index contributed by atoms with van der Waals surface area (Å²) in [5.41, 5.74) is 0.242. The van der Waals surface area contributed by atoms with Gasteiger partial charge in [0.25, 0.3) is 0 Å². The van der Waals surface area contributed by atoms with Gasteiger partial charge in [-0.05, 0) is 68.7 Å². The monoisotopic (exact) mass is 521 g/mol. The third-order valence-electron chi connectivity index (χ3n) is 7.95. The summed E-state index contributed by atoms with van der Waals surface area (Å²) in [5, 5.41) is 13.5. The number of carboxylic acids is 1. The molecule has 1 aromatic heterocycles. The van der Waals surface area contributed by atoms with Crippen molar-refractivity contribution in [1.29, 1.82) is 0 Å². The largest absolute Gasteiger partial charge is 0.481 e. The van der Waals surface area contributed by atoms with Crippen molar-refractivity contribution in [3.8, 4) is 0 Å². The van der Waals surface area contributed by atoms with E-state index in [0.717, 1.165) is 51.0 Å². The van der Waals surface area contributed by atoms with Crippen LogP contribution in [0.4, 0.5) is 16.2 Å². The van der Waals surface area contributed by atoms with E-state index in [1.807, 2.05) is 6.92 Å². The minimum Gasteiger partial charge on any atom is -0.481 e. The van der Waals surface area contributed by atoms with Gasteiger partial charge < -0.3 is 20.2 Å². The van der Waals surface area contributed by atoms with E-state index in [1.165, 1.54) is 12.6 Å². The normalized spacial score (nSPS) is 27.3. The first kappa shape index (κ1) is 24.5. The van der Waals surface area contributed by atoms with Crippen LogP contribution >= 0.6 is 23.2 Å². The van der Waals surface area contributed by atoms with Crippen LogP contribution in [0.1, 0.15) is 38.2 Å². The van der Waals surface area contributed by atoms with Gasteiger partial charge in [-0.15, -0.1) is 0 Å². The molecule has 1 aromatic carbocycles. The van der Waals surface area contributed by atoms with Gasteiger partial charge in [-0.25, -0.2) is 9.37 Å². The van der Waals surface area contributed by atoms with Crippen molar-refractivity contribution >= 4 is 40.9 Å². The van der Waals surface area contributed by atoms with Crippen molar-refractivity contribution in [2.75, 3.05) is 36.4 Å². The van der Waals surface area contributed by atoms with Crippen LogP contribution in [0.15, 0.2) is 24.4 Å². The number of carboxylic acid groups (broad SMARTS) is 1. The third kappa shape index (κ3) is 5.06. The maximum atomic E-state index is 14.3. The van der Waals surface area contributed by atoms with Crippen LogP contribution in [-0.2, 0) is 11.3 Å². The number of carbonyl (C=O) groups is 1. The Labute approximate surface area is 214 Å². The number of likely N-dealkylation sites (tertiary alicyclic amines) is 1. The zero-order chi connectivity index (χ0) is 24.7. The Kier molecular flexibility index (Phi) is 6.81. The summed E-state index contributed by atoms with van der Waals surface area (Å²) < 4.78 is 14.3. The van der Waals surface area contributed by atoms with Gasteiger partial charge in [0.05, 0.1) is 11.6 Å². The Hall–Kier alpha value is -2.16. The second-order valence-electron chi connectivity index (χ2n) is 10.4. The van der Waals surface area contributed by atoms with Crippen LogP contribution in [-0.4, -0.2) is 58.2 Å². The van der Waals surface area contributed by atoms with E-state index < -0.39 is 17.2 Å². The number of rotatable bonds is 7. The summed E-state index contributed by atoms with van der Waals surface area (Å²) in [5.74, 6) is 0.619. The fraction of sp³-hybridized carbons (Fsp3) is 0.560. The number of benzene rings is 1. The first-order valence-electron chi connectivity index (χ1n) is 12.1. The third-order valence-corrected chi connectivity index (χ3v) is 8.53. The Morgan fingerprint density at radius 2 is 2.03 bits per heavy atom. The maximum Gasteiger partial charge on any atom is 0.309 e. The molecule has 1 aliphatic carbocycles. The average Bonchev–Trinajstić information content (AvgIpc) is 2.77. The molecular formula is C25H30Cl2FN5O2. The highest BCUT2D eigenvalue weighted by Crippen LogP contribution is 2.45. The van der Waals surface area contributed by atoms with Gasteiger partial charge in [0.2, 0.25) is 5.95 Å². The predicted molar refractivity (Wildman–Crippen MR) is 135 cm³/mol. The highest BCUT2D eigenvalue weighted by Gasteiger charge is 2.49.